The minimum absolute atomic E-state index is 0.206. The lowest BCUT2D eigenvalue weighted by atomic mass is 9.49. The lowest BCUT2D eigenvalue weighted by molar-refractivity contribution is -0.0634. The quantitative estimate of drug-likeness (QED) is 0.713. The minimum Gasteiger partial charge on any atom is -0.342 e. The molecule has 0 bridgehead atoms. The average Bonchev–Trinajstić information content (AvgIpc) is 3.28. The van der Waals surface area contributed by atoms with Crippen LogP contribution in [-0.2, 0) is 0 Å². The fourth-order valence-electron chi connectivity index (χ4n) is 8.10. The van der Waals surface area contributed by atoms with Crippen LogP contribution in [0.15, 0.2) is 12.5 Å². The van der Waals surface area contributed by atoms with Gasteiger partial charge in [-0.15, -0.1) is 0 Å². The summed E-state index contributed by atoms with van der Waals surface area (Å²) in [6, 6.07) is 0. The molecule has 4 fully saturated rings. The molecule has 0 saturated heterocycles. The maximum absolute atomic E-state index is 13.1. The summed E-state index contributed by atoms with van der Waals surface area (Å²) >= 11 is 0. The SMILES string of the molecule is CC1CCC2C(CCC3C2CCC2(C)C3CC[C@@H]2C(=O)c2cnc[nH]2)C1. The van der Waals surface area contributed by atoms with Gasteiger partial charge < -0.3 is 4.98 Å². The van der Waals surface area contributed by atoms with E-state index in [4.69, 9.17) is 0 Å². The molecule has 142 valence electrons. The zero-order valence-electron chi connectivity index (χ0n) is 16.4. The molecule has 5 rings (SSSR count). The predicted octanol–water partition coefficient (Wildman–Crippen LogP) is 5.50. The van der Waals surface area contributed by atoms with Crippen LogP contribution in [0.4, 0.5) is 0 Å². The van der Waals surface area contributed by atoms with Crippen LogP contribution in [0.25, 0.3) is 0 Å². The molecule has 4 saturated carbocycles. The number of rotatable bonds is 2. The number of aromatic amines is 1. The van der Waals surface area contributed by atoms with Crippen molar-refractivity contribution in [3.05, 3.63) is 18.2 Å². The van der Waals surface area contributed by atoms with E-state index < -0.39 is 0 Å². The van der Waals surface area contributed by atoms with E-state index in [9.17, 15) is 4.79 Å². The van der Waals surface area contributed by atoms with Crippen molar-refractivity contribution >= 4 is 5.78 Å². The van der Waals surface area contributed by atoms with E-state index in [1.165, 1.54) is 51.4 Å². The normalized spacial score (nSPS) is 47.7. The first kappa shape index (κ1) is 17.0. The van der Waals surface area contributed by atoms with E-state index >= 15 is 0 Å². The molecule has 0 spiro atoms. The first-order valence-electron chi connectivity index (χ1n) is 11.1. The molecule has 3 nitrogen and oxygen atoms in total. The fraction of sp³-hybridized carbons (Fsp3) is 0.826. The van der Waals surface area contributed by atoms with Crippen LogP contribution in [0.2, 0.25) is 0 Å². The number of carbonyl (C=O) groups excluding carboxylic acids is 1. The molecule has 8 atom stereocenters. The van der Waals surface area contributed by atoms with Gasteiger partial charge in [-0.2, -0.15) is 0 Å². The van der Waals surface area contributed by atoms with Gasteiger partial charge in [0.1, 0.15) is 5.69 Å². The first-order valence-corrected chi connectivity index (χ1v) is 11.1. The van der Waals surface area contributed by atoms with Crippen molar-refractivity contribution in [3.63, 3.8) is 0 Å². The first-order chi connectivity index (χ1) is 12.6. The van der Waals surface area contributed by atoms with E-state index in [1.807, 2.05) is 0 Å². The Balaban J connectivity index is 1.38. The monoisotopic (exact) mass is 354 g/mol. The van der Waals surface area contributed by atoms with Gasteiger partial charge >= 0.3 is 0 Å². The fourth-order valence-corrected chi connectivity index (χ4v) is 8.10. The molecule has 1 heterocycles. The third-order valence-electron chi connectivity index (χ3n) is 9.30. The molecule has 0 radical (unpaired) electrons. The Bertz CT molecular complexity index is 668. The summed E-state index contributed by atoms with van der Waals surface area (Å²) in [6.07, 6.45) is 15.7. The maximum Gasteiger partial charge on any atom is 0.184 e. The van der Waals surface area contributed by atoms with Crippen molar-refractivity contribution in [2.24, 2.45) is 46.8 Å². The zero-order valence-corrected chi connectivity index (χ0v) is 16.4. The van der Waals surface area contributed by atoms with Crippen LogP contribution in [-0.4, -0.2) is 15.8 Å². The van der Waals surface area contributed by atoms with E-state index in [1.54, 1.807) is 12.5 Å². The highest BCUT2D eigenvalue weighted by Crippen LogP contribution is 2.64. The van der Waals surface area contributed by atoms with E-state index in [2.05, 4.69) is 23.8 Å². The zero-order chi connectivity index (χ0) is 17.9. The molecule has 4 aliphatic carbocycles. The van der Waals surface area contributed by atoms with Gasteiger partial charge in [0.25, 0.3) is 0 Å². The van der Waals surface area contributed by atoms with Crippen LogP contribution in [0.1, 0.15) is 82.1 Å². The van der Waals surface area contributed by atoms with Crippen LogP contribution < -0.4 is 0 Å². The molecular weight excluding hydrogens is 320 g/mol. The molecule has 7 unspecified atom stereocenters. The van der Waals surface area contributed by atoms with Gasteiger partial charge in [0, 0.05) is 5.92 Å². The molecule has 0 aromatic carbocycles. The Morgan fingerprint density at radius 2 is 1.92 bits per heavy atom. The molecule has 1 aromatic rings. The number of nitrogens with one attached hydrogen (secondary N) is 1. The summed E-state index contributed by atoms with van der Waals surface area (Å²) < 4.78 is 0. The standard InChI is InChI=1S/C23H34N2O/c1-14-3-5-16-15(11-14)4-6-18-17(16)9-10-23(2)19(18)7-8-20(23)22(26)21-12-24-13-25-21/h12-20H,3-11H2,1-2H3,(H,24,25)/t14?,15?,16?,17?,18?,19?,20-,23?/m1/s1. The number of nitrogens with zero attached hydrogens (tertiary/aromatic N) is 1. The number of hydrogen-bond acceptors (Lipinski definition) is 2. The number of H-pyrrole nitrogens is 1. The third kappa shape index (κ3) is 2.45. The second-order valence-electron chi connectivity index (χ2n) is 10.4. The molecule has 1 aromatic heterocycles. The Kier molecular flexibility index (Phi) is 4.06. The van der Waals surface area contributed by atoms with Gasteiger partial charge in [0.05, 0.1) is 12.5 Å². The van der Waals surface area contributed by atoms with Crippen molar-refractivity contribution in [3.8, 4) is 0 Å². The van der Waals surface area contributed by atoms with E-state index in [-0.39, 0.29) is 11.3 Å². The number of hydrogen-bond donors (Lipinski definition) is 1. The molecule has 1 N–H and O–H groups in total. The van der Waals surface area contributed by atoms with E-state index in [0.29, 0.717) is 5.78 Å². The summed E-state index contributed by atoms with van der Waals surface area (Å²) in [5, 5.41) is 0. The van der Waals surface area contributed by atoms with Gasteiger partial charge in [-0.3, -0.25) is 4.79 Å². The van der Waals surface area contributed by atoms with Crippen molar-refractivity contribution < 1.29 is 4.79 Å². The second-order valence-corrected chi connectivity index (χ2v) is 10.4. The Morgan fingerprint density at radius 1 is 1.08 bits per heavy atom. The summed E-state index contributed by atoms with van der Waals surface area (Å²) in [5.41, 5.74) is 0.946. The molecular formula is C23H34N2O. The minimum atomic E-state index is 0.206. The predicted molar refractivity (Wildman–Crippen MR) is 103 cm³/mol. The lowest BCUT2D eigenvalue weighted by Gasteiger charge is -2.56. The van der Waals surface area contributed by atoms with Gasteiger partial charge in [-0.05, 0) is 92.3 Å². The highest BCUT2D eigenvalue weighted by atomic mass is 16.1. The number of imidazole rings is 1. The number of ketones is 1. The largest absolute Gasteiger partial charge is 0.342 e. The summed E-state index contributed by atoms with van der Waals surface area (Å²) in [7, 11) is 0. The molecule has 0 aliphatic heterocycles. The Hall–Kier alpha value is -1.12. The molecule has 26 heavy (non-hydrogen) atoms. The van der Waals surface area contributed by atoms with Crippen LogP contribution in [0.3, 0.4) is 0 Å². The smallest absolute Gasteiger partial charge is 0.184 e. The van der Waals surface area contributed by atoms with Crippen molar-refractivity contribution in [2.45, 2.75) is 71.6 Å². The number of fused-ring (bicyclic) bond motifs is 5. The lowest BCUT2D eigenvalue weighted by Crippen LogP contribution is -2.49. The number of aromatic nitrogens is 2. The third-order valence-corrected chi connectivity index (χ3v) is 9.30. The Morgan fingerprint density at radius 3 is 2.73 bits per heavy atom. The van der Waals surface area contributed by atoms with E-state index in [0.717, 1.165) is 47.6 Å². The summed E-state index contributed by atoms with van der Waals surface area (Å²) in [5.74, 6) is 6.11. The van der Waals surface area contributed by atoms with Crippen LogP contribution in [0, 0.1) is 46.8 Å². The highest BCUT2D eigenvalue weighted by Gasteiger charge is 2.58. The van der Waals surface area contributed by atoms with Gasteiger partial charge in [-0.1, -0.05) is 20.3 Å². The average molecular weight is 355 g/mol. The maximum atomic E-state index is 13.1. The van der Waals surface area contributed by atoms with Gasteiger partial charge in [0.15, 0.2) is 5.78 Å². The number of Topliss-reactive ketones (excluding diaryl/α,β-unsaturated/α-hetero) is 1. The summed E-state index contributed by atoms with van der Waals surface area (Å²) in [4.78, 5) is 20.3. The highest BCUT2D eigenvalue weighted by molar-refractivity contribution is 5.96. The Labute approximate surface area is 157 Å². The van der Waals surface area contributed by atoms with Crippen molar-refractivity contribution in [1.29, 1.82) is 0 Å². The second kappa shape index (κ2) is 6.21. The number of carbonyl (C=O) groups is 1. The summed E-state index contributed by atoms with van der Waals surface area (Å²) in [6.45, 7) is 4.91. The molecule has 0 amide bonds. The van der Waals surface area contributed by atoms with Crippen LogP contribution in [0.5, 0.6) is 0 Å². The van der Waals surface area contributed by atoms with Gasteiger partial charge in [0.2, 0.25) is 0 Å². The van der Waals surface area contributed by atoms with Gasteiger partial charge in [-0.25, -0.2) is 4.98 Å². The van der Waals surface area contributed by atoms with Crippen molar-refractivity contribution in [1.82, 2.24) is 9.97 Å². The topological polar surface area (TPSA) is 45.8 Å². The van der Waals surface area contributed by atoms with Crippen LogP contribution >= 0.6 is 0 Å². The molecule has 4 aliphatic rings. The molecule has 3 heteroatoms. The van der Waals surface area contributed by atoms with Crippen molar-refractivity contribution in [2.75, 3.05) is 0 Å².